The molecule has 0 radical (unpaired) electrons. The largest absolute Gasteiger partial charge is 0.391 e. The van der Waals surface area contributed by atoms with Gasteiger partial charge in [0.15, 0.2) is 0 Å². The van der Waals surface area contributed by atoms with Gasteiger partial charge in [-0.1, -0.05) is 0 Å². The maximum atomic E-state index is 12.9. The minimum absolute atomic E-state index is 0.00463. The number of hydrogen-bond donors (Lipinski definition) is 2. The lowest BCUT2D eigenvalue weighted by atomic mass is 10.0. The van der Waals surface area contributed by atoms with Gasteiger partial charge in [0.1, 0.15) is 5.82 Å². The first-order valence-electron chi connectivity index (χ1n) is 4.31. The zero-order chi connectivity index (χ0) is 11.6. The molecule has 15 heavy (non-hydrogen) atoms. The number of halogens is 1. The Labute approximate surface area is 85.5 Å². The monoisotopic (exact) mass is 214 g/mol. The average molecular weight is 214 g/mol. The summed E-state index contributed by atoms with van der Waals surface area (Å²) in [5, 5.41) is 19.8. The van der Waals surface area contributed by atoms with Crippen LogP contribution in [0.2, 0.25) is 0 Å². The van der Waals surface area contributed by atoms with Crippen molar-refractivity contribution < 1.29 is 14.4 Å². The van der Waals surface area contributed by atoms with Crippen LogP contribution in [0.25, 0.3) is 0 Å². The van der Waals surface area contributed by atoms with Gasteiger partial charge in [-0.15, -0.1) is 0 Å². The first kappa shape index (κ1) is 11.5. The molecular weight excluding hydrogens is 203 g/mol. The van der Waals surface area contributed by atoms with Crippen molar-refractivity contribution in [1.82, 2.24) is 0 Å². The fourth-order valence-corrected chi connectivity index (χ4v) is 1.22. The third-order valence-electron chi connectivity index (χ3n) is 2.07. The predicted molar refractivity (Wildman–Crippen MR) is 51.7 cm³/mol. The van der Waals surface area contributed by atoms with Gasteiger partial charge in [-0.3, -0.25) is 10.1 Å². The second kappa shape index (κ2) is 4.33. The van der Waals surface area contributed by atoms with E-state index in [0.29, 0.717) is 0 Å². The molecule has 0 fully saturated rings. The summed E-state index contributed by atoms with van der Waals surface area (Å²) < 4.78 is 12.9. The highest BCUT2D eigenvalue weighted by Gasteiger charge is 2.23. The Bertz CT molecular complexity index is 382. The van der Waals surface area contributed by atoms with E-state index in [1.165, 1.54) is 6.92 Å². The summed E-state index contributed by atoms with van der Waals surface area (Å²) in [5.41, 5.74) is 5.23. The third-order valence-corrected chi connectivity index (χ3v) is 2.07. The molecule has 82 valence electrons. The van der Waals surface area contributed by atoms with E-state index in [1.807, 2.05) is 0 Å². The summed E-state index contributed by atoms with van der Waals surface area (Å²) in [4.78, 5) is 9.95. The standard InChI is InChI=1S/C9H11FN2O3/c1-5(13)9(11)7-4-6(10)2-3-8(7)12(14)15/h2-5,9,13H,11H2,1H3/t5-,9-/m1/s1. The van der Waals surface area contributed by atoms with Crippen LogP contribution < -0.4 is 5.73 Å². The molecule has 0 aliphatic carbocycles. The molecule has 1 aromatic rings. The van der Waals surface area contributed by atoms with Crippen molar-refractivity contribution in [1.29, 1.82) is 0 Å². The molecule has 0 spiro atoms. The average Bonchev–Trinajstić information content (AvgIpc) is 2.15. The Morgan fingerprint density at radius 1 is 1.60 bits per heavy atom. The molecule has 0 heterocycles. The zero-order valence-electron chi connectivity index (χ0n) is 8.05. The van der Waals surface area contributed by atoms with Gasteiger partial charge >= 0.3 is 0 Å². The van der Waals surface area contributed by atoms with Crippen molar-refractivity contribution in [3.63, 3.8) is 0 Å². The number of hydrogen-bond acceptors (Lipinski definition) is 4. The molecule has 1 rings (SSSR count). The van der Waals surface area contributed by atoms with E-state index in [2.05, 4.69) is 0 Å². The molecule has 3 N–H and O–H groups in total. The highest BCUT2D eigenvalue weighted by molar-refractivity contribution is 5.42. The van der Waals surface area contributed by atoms with Crippen LogP contribution in [0.15, 0.2) is 18.2 Å². The minimum Gasteiger partial charge on any atom is -0.391 e. The van der Waals surface area contributed by atoms with Gasteiger partial charge < -0.3 is 10.8 Å². The van der Waals surface area contributed by atoms with E-state index >= 15 is 0 Å². The Hall–Kier alpha value is -1.53. The molecule has 2 atom stereocenters. The molecule has 0 aromatic heterocycles. The van der Waals surface area contributed by atoms with E-state index < -0.39 is 22.9 Å². The van der Waals surface area contributed by atoms with Crippen LogP contribution in [0.4, 0.5) is 10.1 Å². The van der Waals surface area contributed by atoms with Crippen molar-refractivity contribution in [3.8, 4) is 0 Å². The summed E-state index contributed by atoms with van der Waals surface area (Å²) in [6.07, 6.45) is -0.981. The SMILES string of the molecule is C[C@@H](O)[C@@H](N)c1cc(F)ccc1[N+](=O)[O-]. The molecule has 0 aliphatic heterocycles. The second-order valence-corrected chi connectivity index (χ2v) is 3.23. The van der Waals surface area contributed by atoms with Crippen molar-refractivity contribution in [2.45, 2.75) is 19.1 Å². The van der Waals surface area contributed by atoms with Crippen LogP contribution in [0.1, 0.15) is 18.5 Å². The Morgan fingerprint density at radius 3 is 2.67 bits per heavy atom. The van der Waals surface area contributed by atoms with Gasteiger partial charge in [0.25, 0.3) is 5.69 Å². The lowest BCUT2D eigenvalue weighted by Crippen LogP contribution is -2.24. The smallest absolute Gasteiger partial charge is 0.274 e. The quantitative estimate of drug-likeness (QED) is 0.582. The second-order valence-electron chi connectivity index (χ2n) is 3.23. The molecule has 0 saturated carbocycles. The summed E-state index contributed by atoms with van der Waals surface area (Å²) in [7, 11) is 0. The maximum absolute atomic E-state index is 12.9. The number of aliphatic hydroxyl groups is 1. The van der Waals surface area contributed by atoms with Crippen molar-refractivity contribution >= 4 is 5.69 Å². The third kappa shape index (κ3) is 2.48. The number of aliphatic hydroxyl groups excluding tert-OH is 1. The lowest BCUT2D eigenvalue weighted by Gasteiger charge is -2.14. The van der Waals surface area contributed by atoms with Crippen LogP contribution in [0.3, 0.4) is 0 Å². The maximum Gasteiger partial charge on any atom is 0.274 e. The first-order valence-corrected chi connectivity index (χ1v) is 4.31. The predicted octanol–water partition coefficient (Wildman–Crippen LogP) is 1.11. The topological polar surface area (TPSA) is 89.4 Å². The molecule has 0 aliphatic rings. The fourth-order valence-electron chi connectivity index (χ4n) is 1.22. The summed E-state index contributed by atoms with van der Waals surface area (Å²) in [5.74, 6) is -0.619. The van der Waals surface area contributed by atoms with E-state index in [1.54, 1.807) is 0 Å². The fraction of sp³-hybridized carbons (Fsp3) is 0.333. The molecule has 0 saturated heterocycles. The highest BCUT2D eigenvalue weighted by atomic mass is 19.1. The van der Waals surface area contributed by atoms with Crippen molar-refractivity contribution in [3.05, 3.63) is 39.7 Å². The van der Waals surface area contributed by atoms with Gasteiger partial charge in [0.05, 0.1) is 22.6 Å². The lowest BCUT2D eigenvalue weighted by molar-refractivity contribution is -0.385. The van der Waals surface area contributed by atoms with Crippen LogP contribution in [-0.4, -0.2) is 16.1 Å². The van der Waals surface area contributed by atoms with Crippen molar-refractivity contribution in [2.75, 3.05) is 0 Å². The molecule has 0 unspecified atom stereocenters. The van der Waals surface area contributed by atoms with E-state index in [9.17, 15) is 19.6 Å². The summed E-state index contributed by atoms with van der Waals surface area (Å²) in [6.45, 7) is 1.39. The van der Waals surface area contributed by atoms with Crippen LogP contribution in [0, 0.1) is 15.9 Å². The van der Waals surface area contributed by atoms with Gasteiger partial charge in [-0.05, 0) is 19.1 Å². The van der Waals surface area contributed by atoms with E-state index in [-0.39, 0.29) is 11.3 Å². The summed E-state index contributed by atoms with van der Waals surface area (Å²) in [6, 6.07) is 2.01. The van der Waals surface area contributed by atoms with Gasteiger partial charge in [0.2, 0.25) is 0 Å². The Morgan fingerprint density at radius 2 is 2.20 bits per heavy atom. The number of nitrogens with two attached hydrogens (primary N) is 1. The van der Waals surface area contributed by atoms with E-state index in [0.717, 1.165) is 18.2 Å². The van der Waals surface area contributed by atoms with E-state index in [4.69, 9.17) is 5.73 Å². The van der Waals surface area contributed by atoms with Crippen LogP contribution in [0.5, 0.6) is 0 Å². The van der Waals surface area contributed by atoms with Gasteiger partial charge in [0, 0.05) is 6.07 Å². The number of benzene rings is 1. The molecule has 1 aromatic carbocycles. The van der Waals surface area contributed by atoms with Gasteiger partial charge in [-0.2, -0.15) is 0 Å². The highest BCUT2D eigenvalue weighted by Crippen LogP contribution is 2.26. The first-order chi connectivity index (χ1) is 6.93. The molecule has 0 bridgehead atoms. The Balaban J connectivity index is 3.24. The van der Waals surface area contributed by atoms with Crippen molar-refractivity contribution in [2.24, 2.45) is 5.73 Å². The minimum atomic E-state index is -0.981. The zero-order valence-corrected chi connectivity index (χ0v) is 8.05. The normalized spacial score (nSPS) is 14.7. The number of rotatable bonds is 3. The summed E-state index contributed by atoms with van der Waals surface area (Å²) >= 11 is 0. The molecule has 0 amide bonds. The molecule has 5 nitrogen and oxygen atoms in total. The number of nitro groups is 1. The number of nitro benzene ring substituents is 1. The molecular formula is C9H11FN2O3. The molecule has 6 heteroatoms. The van der Waals surface area contributed by atoms with Crippen LogP contribution >= 0.6 is 0 Å². The number of nitrogens with zero attached hydrogens (tertiary/aromatic N) is 1. The van der Waals surface area contributed by atoms with Gasteiger partial charge in [-0.25, -0.2) is 4.39 Å². The van der Waals surface area contributed by atoms with Crippen LogP contribution in [-0.2, 0) is 0 Å². The Kier molecular flexibility index (Phi) is 3.33.